The van der Waals surface area contributed by atoms with Gasteiger partial charge in [0.15, 0.2) is 0 Å². The van der Waals surface area contributed by atoms with Crippen molar-refractivity contribution in [2.75, 3.05) is 0 Å². The van der Waals surface area contributed by atoms with Crippen LogP contribution in [0.5, 0.6) is 0 Å². The molecule has 128 valence electrons. The molecule has 6 rings (SSSR count). The Bertz CT molecular complexity index is 1070. The molecule has 0 aliphatic heterocycles. The first kappa shape index (κ1) is 15.8. The van der Waals surface area contributed by atoms with Crippen LogP contribution in [0, 0.1) is 0 Å². The van der Waals surface area contributed by atoms with Crippen LogP contribution in [0.25, 0.3) is 38.4 Å². The van der Waals surface area contributed by atoms with Crippen LogP contribution in [0.3, 0.4) is 0 Å². The van der Waals surface area contributed by atoms with Gasteiger partial charge in [-0.25, -0.2) is 0 Å². The average Bonchev–Trinajstić information content (AvgIpc) is 3.23. The molecule has 0 fully saturated rings. The van der Waals surface area contributed by atoms with Crippen molar-refractivity contribution in [3.63, 3.8) is 0 Å². The van der Waals surface area contributed by atoms with E-state index in [-0.39, 0.29) is 0 Å². The molecule has 0 spiro atoms. The second-order valence-corrected chi connectivity index (χ2v) is 6.94. The maximum absolute atomic E-state index is 2.21. The summed E-state index contributed by atoms with van der Waals surface area (Å²) in [7, 11) is 0. The molecule has 0 radical (unpaired) electrons. The second kappa shape index (κ2) is 6.74. The van der Waals surface area contributed by atoms with E-state index in [4.69, 9.17) is 0 Å². The van der Waals surface area contributed by atoms with E-state index < -0.39 is 0 Å². The Morgan fingerprint density at radius 3 is 1.19 bits per heavy atom. The van der Waals surface area contributed by atoms with E-state index in [1.54, 1.807) is 0 Å². The Morgan fingerprint density at radius 2 is 0.778 bits per heavy atom. The van der Waals surface area contributed by atoms with Crippen molar-refractivity contribution in [1.82, 2.24) is 0 Å². The van der Waals surface area contributed by atoms with Gasteiger partial charge in [-0.15, -0.1) is 0 Å². The number of fused-ring (bicyclic) bond motifs is 7. The minimum atomic E-state index is 1.12. The molecule has 1 aliphatic rings. The first-order valence-corrected chi connectivity index (χ1v) is 9.44. The highest BCUT2D eigenvalue weighted by molar-refractivity contribution is 6.25. The summed E-state index contributed by atoms with van der Waals surface area (Å²) in [6.07, 6.45) is 5.50. The third kappa shape index (κ3) is 2.80. The van der Waals surface area contributed by atoms with E-state index in [0.29, 0.717) is 0 Å². The number of rotatable bonds is 0. The van der Waals surface area contributed by atoms with E-state index in [2.05, 4.69) is 109 Å². The SMILES string of the molecule is C1=Cc2ccccc2C1.c1ccc2c(c1)c1ccccc1c1ccccc21. The third-order valence-electron chi connectivity index (χ3n) is 5.34. The fraction of sp³-hybridized carbons (Fsp3) is 0.0370. The molecule has 5 aromatic carbocycles. The average molecular weight is 344 g/mol. The van der Waals surface area contributed by atoms with Crippen molar-refractivity contribution in [2.24, 2.45) is 0 Å². The van der Waals surface area contributed by atoms with Crippen LogP contribution in [-0.2, 0) is 6.42 Å². The maximum atomic E-state index is 2.21. The van der Waals surface area contributed by atoms with Crippen molar-refractivity contribution in [1.29, 1.82) is 0 Å². The molecule has 0 amide bonds. The van der Waals surface area contributed by atoms with Gasteiger partial charge in [0.25, 0.3) is 0 Å². The highest BCUT2D eigenvalue weighted by Gasteiger charge is 2.06. The minimum absolute atomic E-state index is 1.12. The van der Waals surface area contributed by atoms with E-state index in [1.165, 1.54) is 43.4 Å². The van der Waals surface area contributed by atoms with Crippen LogP contribution in [0.2, 0.25) is 0 Å². The molecular weight excluding hydrogens is 324 g/mol. The molecule has 0 N–H and O–H groups in total. The van der Waals surface area contributed by atoms with Gasteiger partial charge < -0.3 is 0 Å². The van der Waals surface area contributed by atoms with Gasteiger partial charge in [0, 0.05) is 0 Å². The summed E-state index contributed by atoms with van der Waals surface area (Å²) in [4.78, 5) is 0. The zero-order chi connectivity index (χ0) is 18.1. The highest BCUT2D eigenvalue weighted by atomic mass is 14.1. The van der Waals surface area contributed by atoms with Gasteiger partial charge in [0.05, 0.1) is 0 Å². The monoisotopic (exact) mass is 344 g/mol. The molecule has 0 saturated carbocycles. The van der Waals surface area contributed by atoms with Crippen LogP contribution in [0.15, 0.2) is 103 Å². The van der Waals surface area contributed by atoms with Gasteiger partial charge in [-0.2, -0.15) is 0 Å². The van der Waals surface area contributed by atoms with Gasteiger partial charge in [-0.1, -0.05) is 109 Å². The summed E-state index contributed by atoms with van der Waals surface area (Å²) in [5, 5.41) is 8.04. The van der Waals surface area contributed by atoms with Gasteiger partial charge in [-0.05, 0) is 49.9 Å². The van der Waals surface area contributed by atoms with Crippen LogP contribution < -0.4 is 0 Å². The summed E-state index contributed by atoms with van der Waals surface area (Å²) in [6.45, 7) is 0. The summed E-state index contributed by atoms with van der Waals surface area (Å²) in [5.74, 6) is 0. The first-order valence-electron chi connectivity index (χ1n) is 9.44. The fourth-order valence-corrected chi connectivity index (χ4v) is 4.05. The smallest absolute Gasteiger partial charge is 0.00882 e. The molecular formula is C27H20. The van der Waals surface area contributed by atoms with Gasteiger partial charge in [0.2, 0.25) is 0 Å². The molecule has 1 aliphatic carbocycles. The summed E-state index contributed by atoms with van der Waals surface area (Å²) >= 11 is 0. The zero-order valence-electron chi connectivity index (χ0n) is 15.1. The molecule has 0 saturated heterocycles. The molecule has 0 aromatic heterocycles. The molecule has 0 bridgehead atoms. The summed E-state index contributed by atoms with van der Waals surface area (Å²) < 4.78 is 0. The van der Waals surface area contributed by atoms with Gasteiger partial charge >= 0.3 is 0 Å². The Kier molecular flexibility index (Phi) is 3.95. The summed E-state index contributed by atoms with van der Waals surface area (Å²) in [6, 6.07) is 34.5. The van der Waals surface area contributed by atoms with E-state index in [9.17, 15) is 0 Å². The quantitative estimate of drug-likeness (QED) is 0.257. The highest BCUT2D eigenvalue weighted by Crippen LogP contribution is 2.34. The lowest BCUT2D eigenvalue weighted by Gasteiger charge is -2.09. The lowest BCUT2D eigenvalue weighted by atomic mass is 9.95. The van der Waals surface area contributed by atoms with E-state index in [1.807, 2.05) is 0 Å². The predicted octanol–water partition coefficient (Wildman–Crippen LogP) is 7.40. The van der Waals surface area contributed by atoms with Crippen molar-refractivity contribution >= 4 is 38.4 Å². The van der Waals surface area contributed by atoms with Crippen molar-refractivity contribution in [3.8, 4) is 0 Å². The second-order valence-electron chi connectivity index (χ2n) is 6.94. The first-order chi connectivity index (χ1) is 13.4. The molecule has 0 unspecified atom stereocenters. The van der Waals surface area contributed by atoms with Gasteiger partial charge in [-0.3, -0.25) is 0 Å². The topological polar surface area (TPSA) is 0 Å². The molecule has 0 atom stereocenters. The maximum Gasteiger partial charge on any atom is -0.00882 e. The third-order valence-corrected chi connectivity index (χ3v) is 5.34. The zero-order valence-corrected chi connectivity index (χ0v) is 15.1. The molecule has 0 nitrogen and oxygen atoms in total. The summed E-state index contributed by atoms with van der Waals surface area (Å²) in [5.41, 5.74) is 2.84. The van der Waals surface area contributed by atoms with Crippen LogP contribution >= 0.6 is 0 Å². The standard InChI is InChI=1S/C18H12.C9H8/c1-2-8-14-13(7-1)15-9-3-4-11-17(15)18-12-6-5-10-16(14)18;1-2-5-9-7-3-6-8(9)4-1/h1-12H;1-6H,7H2. The molecule has 0 heterocycles. The number of benzene rings is 5. The van der Waals surface area contributed by atoms with Crippen LogP contribution in [-0.4, -0.2) is 0 Å². The minimum Gasteiger partial charge on any atom is -0.0795 e. The van der Waals surface area contributed by atoms with E-state index in [0.717, 1.165) is 6.42 Å². The number of hydrogen-bond acceptors (Lipinski definition) is 0. The Balaban J connectivity index is 0.000000149. The number of allylic oxidation sites excluding steroid dienone is 1. The fourth-order valence-electron chi connectivity index (χ4n) is 4.05. The largest absolute Gasteiger partial charge is 0.0795 e. The lowest BCUT2D eigenvalue weighted by Crippen LogP contribution is -1.81. The van der Waals surface area contributed by atoms with Gasteiger partial charge in [0.1, 0.15) is 0 Å². The van der Waals surface area contributed by atoms with Crippen LogP contribution in [0.1, 0.15) is 11.1 Å². The predicted molar refractivity (Wildman–Crippen MR) is 118 cm³/mol. The van der Waals surface area contributed by atoms with E-state index >= 15 is 0 Å². The van der Waals surface area contributed by atoms with Crippen LogP contribution in [0.4, 0.5) is 0 Å². The Labute approximate surface area is 159 Å². The van der Waals surface area contributed by atoms with Crippen molar-refractivity contribution in [3.05, 3.63) is 114 Å². The molecule has 0 heteroatoms. The van der Waals surface area contributed by atoms with Crippen molar-refractivity contribution in [2.45, 2.75) is 6.42 Å². The molecule has 5 aromatic rings. The number of hydrogen-bond donors (Lipinski definition) is 0. The lowest BCUT2D eigenvalue weighted by molar-refractivity contribution is 1.31. The van der Waals surface area contributed by atoms with Crippen molar-refractivity contribution < 1.29 is 0 Å². The Hall–Kier alpha value is -3.38. The molecule has 27 heavy (non-hydrogen) atoms. The normalized spacial score (nSPS) is 12.1. The Morgan fingerprint density at radius 1 is 0.407 bits per heavy atom.